The average molecular weight is 478 g/mol. The molecule has 0 bridgehead atoms. The van der Waals surface area contributed by atoms with Gasteiger partial charge in [-0.3, -0.25) is 9.59 Å². The van der Waals surface area contributed by atoms with E-state index in [1.54, 1.807) is 18.5 Å². The highest BCUT2D eigenvalue weighted by atomic mass is 16.5. The number of ether oxygens (including phenoxy) is 1. The number of piperazine rings is 1. The molecule has 0 unspecified atom stereocenters. The first-order valence-electron chi connectivity index (χ1n) is 12.4. The highest BCUT2D eigenvalue weighted by Gasteiger charge is 2.39. The van der Waals surface area contributed by atoms with E-state index in [4.69, 9.17) is 10.00 Å². The van der Waals surface area contributed by atoms with Gasteiger partial charge in [0.2, 0.25) is 5.91 Å². The summed E-state index contributed by atoms with van der Waals surface area (Å²) in [6, 6.07) is 5.96. The van der Waals surface area contributed by atoms with Crippen LogP contribution in [0.25, 0.3) is 0 Å². The van der Waals surface area contributed by atoms with Crippen LogP contribution in [0.1, 0.15) is 36.8 Å². The molecule has 10 heteroatoms. The highest BCUT2D eigenvalue weighted by Crippen LogP contribution is 2.34. The predicted octanol–water partition coefficient (Wildman–Crippen LogP) is 1.46. The molecular weight excluding hydrogens is 446 g/mol. The summed E-state index contributed by atoms with van der Waals surface area (Å²) in [5.74, 6) is 1.11. The zero-order valence-corrected chi connectivity index (χ0v) is 20.0. The van der Waals surface area contributed by atoms with Crippen molar-refractivity contribution in [2.45, 2.75) is 44.8 Å². The minimum atomic E-state index is -0.150. The first-order chi connectivity index (χ1) is 17.0. The summed E-state index contributed by atoms with van der Waals surface area (Å²) >= 11 is 0. The smallest absolute Gasteiger partial charge is 0.269 e. The number of hydrogen-bond donors (Lipinski definition) is 1. The van der Waals surface area contributed by atoms with Crippen LogP contribution in [-0.4, -0.2) is 77.5 Å². The number of nitrogens with one attached hydrogen (secondary N) is 1. The second-order valence-corrected chi connectivity index (χ2v) is 9.65. The van der Waals surface area contributed by atoms with Crippen molar-refractivity contribution >= 4 is 17.4 Å². The molecule has 10 nitrogen and oxygen atoms in total. The van der Waals surface area contributed by atoms with Crippen molar-refractivity contribution in [1.82, 2.24) is 20.1 Å². The minimum Gasteiger partial charge on any atom is -0.376 e. The van der Waals surface area contributed by atoms with Gasteiger partial charge >= 0.3 is 0 Å². The number of carbonyl (C=O) groups excluding carboxylic acids is 1. The number of hydrogen-bond acceptors (Lipinski definition) is 8. The van der Waals surface area contributed by atoms with Crippen molar-refractivity contribution in [3.05, 3.63) is 46.0 Å². The molecule has 184 valence electrons. The SMILES string of the molecule is Cc1c(N2CCC[C@H]2CO[C@H]2C[C@H](C(=O)N3CCN(c4ccc(C#N)cn4)CC3)C2)cn[nH]c1=O. The lowest BCUT2D eigenvalue weighted by atomic mass is 9.81. The Morgan fingerprint density at radius 1 is 1.20 bits per heavy atom. The van der Waals surface area contributed by atoms with E-state index in [1.165, 1.54) is 0 Å². The van der Waals surface area contributed by atoms with Crippen molar-refractivity contribution in [2.24, 2.45) is 5.92 Å². The first kappa shape index (κ1) is 23.3. The molecule has 2 aliphatic heterocycles. The van der Waals surface area contributed by atoms with Gasteiger partial charge in [0.1, 0.15) is 11.9 Å². The fourth-order valence-electron chi connectivity index (χ4n) is 5.27. The summed E-state index contributed by atoms with van der Waals surface area (Å²) in [4.78, 5) is 35.6. The molecule has 3 aliphatic rings. The Morgan fingerprint density at radius 3 is 2.71 bits per heavy atom. The van der Waals surface area contributed by atoms with Crippen molar-refractivity contribution in [3.63, 3.8) is 0 Å². The summed E-state index contributed by atoms with van der Waals surface area (Å²) in [7, 11) is 0. The lowest BCUT2D eigenvalue weighted by Gasteiger charge is -2.41. The lowest BCUT2D eigenvalue weighted by Crippen LogP contribution is -2.53. The number of amides is 1. The van der Waals surface area contributed by atoms with Crippen molar-refractivity contribution in [1.29, 1.82) is 5.26 Å². The van der Waals surface area contributed by atoms with E-state index in [0.717, 1.165) is 56.8 Å². The quantitative estimate of drug-likeness (QED) is 0.664. The van der Waals surface area contributed by atoms with Gasteiger partial charge in [-0.15, -0.1) is 0 Å². The summed E-state index contributed by atoms with van der Waals surface area (Å²) in [6.07, 6.45) is 7.07. The Kier molecular flexibility index (Phi) is 6.68. The second-order valence-electron chi connectivity index (χ2n) is 9.65. The summed E-state index contributed by atoms with van der Waals surface area (Å²) in [5, 5.41) is 15.4. The van der Waals surface area contributed by atoms with Gasteiger partial charge in [0.05, 0.1) is 36.2 Å². The van der Waals surface area contributed by atoms with Crippen LogP contribution in [0, 0.1) is 24.2 Å². The number of pyridine rings is 1. The summed E-state index contributed by atoms with van der Waals surface area (Å²) in [6.45, 7) is 6.18. The number of carbonyl (C=O) groups is 1. The lowest BCUT2D eigenvalue weighted by molar-refractivity contribution is -0.145. The van der Waals surface area contributed by atoms with Crippen LogP contribution in [0.15, 0.2) is 29.3 Å². The highest BCUT2D eigenvalue weighted by molar-refractivity contribution is 5.80. The number of aromatic amines is 1. The predicted molar refractivity (Wildman–Crippen MR) is 130 cm³/mol. The normalized spacial score (nSPS) is 24.2. The van der Waals surface area contributed by atoms with E-state index in [1.807, 2.05) is 17.9 Å². The van der Waals surface area contributed by atoms with E-state index in [2.05, 4.69) is 31.1 Å². The van der Waals surface area contributed by atoms with Crippen LogP contribution in [0.2, 0.25) is 0 Å². The second kappa shape index (κ2) is 10.0. The molecule has 0 spiro atoms. The van der Waals surface area contributed by atoms with Crippen LogP contribution in [-0.2, 0) is 9.53 Å². The molecule has 2 aromatic heterocycles. The fraction of sp³-hybridized carbons (Fsp3) is 0.560. The number of H-pyrrole nitrogens is 1. The number of aromatic nitrogens is 3. The molecule has 4 heterocycles. The number of rotatable bonds is 6. The van der Waals surface area contributed by atoms with E-state index in [0.29, 0.717) is 30.8 Å². The van der Waals surface area contributed by atoms with E-state index in [-0.39, 0.29) is 29.5 Å². The number of nitrogens with zero attached hydrogens (tertiary/aromatic N) is 6. The Balaban J connectivity index is 1.06. The Morgan fingerprint density at radius 2 is 2.00 bits per heavy atom. The van der Waals surface area contributed by atoms with Gasteiger partial charge < -0.3 is 19.4 Å². The monoisotopic (exact) mass is 477 g/mol. The summed E-state index contributed by atoms with van der Waals surface area (Å²) in [5.41, 5.74) is 1.98. The van der Waals surface area contributed by atoms with Crippen molar-refractivity contribution in [2.75, 3.05) is 49.1 Å². The maximum absolute atomic E-state index is 13.0. The van der Waals surface area contributed by atoms with Gasteiger partial charge in [-0.25, -0.2) is 10.1 Å². The molecule has 0 aromatic carbocycles. The van der Waals surface area contributed by atoms with Gasteiger partial charge in [-0.2, -0.15) is 10.4 Å². The van der Waals surface area contributed by atoms with Gasteiger partial charge in [-0.05, 0) is 44.7 Å². The average Bonchev–Trinajstić information content (AvgIpc) is 3.33. The summed E-state index contributed by atoms with van der Waals surface area (Å²) < 4.78 is 6.19. The molecule has 1 saturated carbocycles. The maximum Gasteiger partial charge on any atom is 0.269 e. The van der Waals surface area contributed by atoms with Crippen LogP contribution in [0.4, 0.5) is 11.5 Å². The molecule has 1 N–H and O–H groups in total. The van der Waals surface area contributed by atoms with Gasteiger partial charge in [0.15, 0.2) is 0 Å². The Bertz CT molecular complexity index is 1140. The third kappa shape index (κ3) is 4.86. The van der Waals surface area contributed by atoms with Gasteiger partial charge in [0.25, 0.3) is 5.56 Å². The van der Waals surface area contributed by atoms with Crippen LogP contribution in [0.3, 0.4) is 0 Å². The third-order valence-electron chi connectivity index (χ3n) is 7.52. The maximum atomic E-state index is 13.0. The molecule has 3 fully saturated rings. The van der Waals surface area contributed by atoms with E-state index < -0.39 is 0 Å². The van der Waals surface area contributed by atoms with E-state index >= 15 is 0 Å². The number of anilines is 2. The molecule has 5 rings (SSSR count). The molecule has 2 saturated heterocycles. The topological polar surface area (TPSA) is 118 Å². The Labute approximate surface area is 204 Å². The molecule has 35 heavy (non-hydrogen) atoms. The minimum absolute atomic E-state index is 0.0402. The van der Waals surface area contributed by atoms with Crippen LogP contribution in [0.5, 0.6) is 0 Å². The molecule has 1 atom stereocenters. The van der Waals surface area contributed by atoms with E-state index in [9.17, 15) is 9.59 Å². The molecular formula is C25H31N7O3. The van der Waals surface area contributed by atoms with Crippen LogP contribution < -0.4 is 15.4 Å². The zero-order valence-electron chi connectivity index (χ0n) is 20.0. The van der Waals surface area contributed by atoms with Crippen LogP contribution >= 0.6 is 0 Å². The molecule has 0 radical (unpaired) electrons. The van der Waals surface area contributed by atoms with Gasteiger partial charge in [0, 0.05) is 50.4 Å². The molecule has 2 aromatic rings. The fourth-order valence-corrected chi connectivity index (χ4v) is 5.27. The van der Waals surface area contributed by atoms with Crippen molar-refractivity contribution in [3.8, 4) is 6.07 Å². The first-order valence-corrected chi connectivity index (χ1v) is 12.4. The molecule has 1 aliphatic carbocycles. The standard InChI is InChI=1S/C25H31N7O3/c1-17-22(15-28-29-24(17)33)32-6-2-3-20(32)16-35-21-11-19(12-21)25(34)31-9-7-30(8-10-31)23-5-4-18(13-26)14-27-23/h4-5,14-15,19-21H,2-3,6-12,16H2,1H3,(H,29,33)/t19-,20-,21-/m0/s1. The molecule has 1 amide bonds. The zero-order chi connectivity index (χ0) is 24.4. The van der Waals surface area contributed by atoms with Gasteiger partial charge in [-0.1, -0.05) is 0 Å². The number of nitriles is 1. The van der Waals surface area contributed by atoms with Crippen molar-refractivity contribution < 1.29 is 9.53 Å². The Hall–Kier alpha value is -3.45. The largest absolute Gasteiger partial charge is 0.376 e. The third-order valence-corrected chi connectivity index (χ3v) is 7.52.